The quantitative estimate of drug-likeness (QED) is 0.715. The van der Waals surface area contributed by atoms with Gasteiger partial charge in [0, 0.05) is 18.3 Å². The molecule has 3 nitrogen and oxygen atoms in total. The Morgan fingerprint density at radius 3 is 2.67 bits per heavy atom. The summed E-state index contributed by atoms with van der Waals surface area (Å²) >= 11 is 5.96. The lowest BCUT2D eigenvalue weighted by Crippen LogP contribution is -2.50. The summed E-state index contributed by atoms with van der Waals surface area (Å²) in [6, 6.07) is 0.104. The lowest BCUT2D eigenvalue weighted by Gasteiger charge is -2.35. The van der Waals surface area contributed by atoms with Crippen molar-refractivity contribution in [3.05, 3.63) is 0 Å². The van der Waals surface area contributed by atoms with E-state index in [9.17, 15) is 4.79 Å². The lowest BCUT2D eigenvalue weighted by molar-refractivity contribution is -0.141. The molecule has 1 aliphatic heterocycles. The molecule has 3 saturated carbocycles. The van der Waals surface area contributed by atoms with Gasteiger partial charge in [-0.15, -0.1) is 11.6 Å². The highest BCUT2D eigenvalue weighted by Gasteiger charge is 2.68. The van der Waals surface area contributed by atoms with Crippen molar-refractivity contribution in [3.8, 4) is 0 Å². The molecule has 4 rings (SSSR count). The fourth-order valence-corrected chi connectivity index (χ4v) is 5.18. The summed E-state index contributed by atoms with van der Waals surface area (Å²) in [4.78, 5) is 14.7. The number of alkyl halides is 1. The van der Waals surface area contributed by atoms with Crippen molar-refractivity contribution < 1.29 is 9.53 Å². The third-order valence-electron chi connectivity index (χ3n) is 5.71. The van der Waals surface area contributed by atoms with E-state index in [1.54, 1.807) is 0 Å². The smallest absolute Gasteiger partial charge is 0.226 e. The van der Waals surface area contributed by atoms with E-state index in [1.165, 1.54) is 19.3 Å². The van der Waals surface area contributed by atoms with Crippen molar-refractivity contribution in [1.82, 2.24) is 4.90 Å². The number of nitrogens with zero attached hydrogens (tertiary/aromatic N) is 1. The molecule has 1 heterocycles. The summed E-state index contributed by atoms with van der Waals surface area (Å²) in [5.41, 5.74) is 0. The first-order chi connectivity index (χ1) is 8.81. The van der Waals surface area contributed by atoms with Crippen molar-refractivity contribution in [2.45, 2.75) is 25.3 Å². The standard InChI is InChI=1S/C14H20ClNO2/c15-6-10-7-18-4-3-16(10)14(17)13-11-8-1-2-9(5-8)12(11)13/h8-13H,1-7H2. The molecule has 0 aromatic rings. The highest BCUT2D eigenvalue weighted by atomic mass is 35.5. The molecule has 5 atom stereocenters. The predicted molar refractivity (Wildman–Crippen MR) is 68.3 cm³/mol. The molecule has 0 aromatic carbocycles. The molecule has 5 unspecified atom stereocenters. The Morgan fingerprint density at radius 1 is 1.28 bits per heavy atom. The summed E-state index contributed by atoms with van der Waals surface area (Å²) in [6.07, 6.45) is 4.15. The highest BCUT2D eigenvalue weighted by Crippen LogP contribution is 2.69. The monoisotopic (exact) mass is 269 g/mol. The second-order valence-corrected chi connectivity index (χ2v) is 6.74. The fourth-order valence-electron chi connectivity index (χ4n) is 4.92. The molecular formula is C14H20ClNO2. The summed E-state index contributed by atoms with van der Waals surface area (Å²) in [5.74, 6) is 4.43. The third-order valence-corrected chi connectivity index (χ3v) is 6.07. The van der Waals surface area contributed by atoms with Gasteiger partial charge in [-0.25, -0.2) is 0 Å². The maximum Gasteiger partial charge on any atom is 0.226 e. The Balaban J connectivity index is 1.48. The number of halogens is 1. The summed E-state index contributed by atoms with van der Waals surface area (Å²) < 4.78 is 5.42. The number of ether oxygens (including phenoxy) is 1. The molecule has 0 radical (unpaired) electrons. The van der Waals surface area contributed by atoms with E-state index in [0.29, 0.717) is 30.9 Å². The highest BCUT2D eigenvalue weighted by molar-refractivity contribution is 6.18. The topological polar surface area (TPSA) is 29.5 Å². The van der Waals surface area contributed by atoms with E-state index in [2.05, 4.69) is 0 Å². The van der Waals surface area contributed by atoms with Crippen LogP contribution < -0.4 is 0 Å². The summed E-state index contributed by atoms with van der Waals surface area (Å²) in [6.45, 7) is 2.03. The zero-order valence-corrected chi connectivity index (χ0v) is 11.3. The summed E-state index contributed by atoms with van der Waals surface area (Å²) in [7, 11) is 0. The Bertz CT molecular complexity index is 359. The minimum atomic E-state index is 0.104. The molecule has 100 valence electrons. The molecule has 4 fully saturated rings. The molecule has 1 amide bonds. The second-order valence-electron chi connectivity index (χ2n) is 6.43. The number of hydrogen-bond donors (Lipinski definition) is 0. The van der Waals surface area contributed by atoms with Crippen LogP contribution in [0.5, 0.6) is 0 Å². The van der Waals surface area contributed by atoms with Crippen LogP contribution in [0, 0.1) is 29.6 Å². The van der Waals surface area contributed by atoms with E-state index >= 15 is 0 Å². The van der Waals surface area contributed by atoms with E-state index in [1.807, 2.05) is 4.90 Å². The third kappa shape index (κ3) is 1.50. The molecule has 0 spiro atoms. The second kappa shape index (κ2) is 4.11. The average molecular weight is 270 g/mol. The van der Waals surface area contributed by atoms with E-state index in [-0.39, 0.29) is 6.04 Å². The normalized spacial score (nSPS) is 49.3. The van der Waals surface area contributed by atoms with Crippen LogP contribution in [0.3, 0.4) is 0 Å². The number of morpholine rings is 1. The van der Waals surface area contributed by atoms with Gasteiger partial charge < -0.3 is 9.64 Å². The SMILES string of the molecule is O=C(C1C2C3CCC(C3)C12)N1CCOCC1CCl. The van der Waals surface area contributed by atoms with Gasteiger partial charge in [0.25, 0.3) is 0 Å². The van der Waals surface area contributed by atoms with Crippen molar-refractivity contribution >= 4 is 17.5 Å². The van der Waals surface area contributed by atoms with Crippen LogP contribution in [0.25, 0.3) is 0 Å². The van der Waals surface area contributed by atoms with E-state index in [0.717, 1.165) is 30.2 Å². The Kier molecular flexibility index (Phi) is 2.63. The van der Waals surface area contributed by atoms with Crippen LogP contribution >= 0.6 is 11.6 Å². The first kappa shape index (κ1) is 11.5. The number of rotatable bonds is 2. The fraction of sp³-hybridized carbons (Fsp3) is 0.929. The number of carbonyl (C=O) groups is 1. The van der Waals surface area contributed by atoms with E-state index < -0.39 is 0 Å². The molecule has 1 saturated heterocycles. The molecule has 0 N–H and O–H groups in total. The Labute approximate surface area is 113 Å². The van der Waals surface area contributed by atoms with Gasteiger partial charge in [0.2, 0.25) is 5.91 Å². The van der Waals surface area contributed by atoms with Crippen LogP contribution in [-0.4, -0.2) is 42.5 Å². The Hall–Kier alpha value is -0.280. The van der Waals surface area contributed by atoms with Gasteiger partial charge in [-0.1, -0.05) is 0 Å². The molecule has 2 bridgehead atoms. The molecule has 0 aromatic heterocycles. The Morgan fingerprint density at radius 2 is 2.00 bits per heavy atom. The van der Waals surface area contributed by atoms with Gasteiger partial charge in [-0.2, -0.15) is 0 Å². The molecule has 3 aliphatic carbocycles. The summed E-state index contributed by atoms with van der Waals surface area (Å²) in [5, 5.41) is 0. The van der Waals surface area contributed by atoms with Crippen LogP contribution in [0.15, 0.2) is 0 Å². The number of carbonyl (C=O) groups excluding carboxylic acids is 1. The number of fused-ring (bicyclic) bond motifs is 5. The van der Waals surface area contributed by atoms with Crippen LogP contribution in [-0.2, 0) is 9.53 Å². The van der Waals surface area contributed by atoms with Crippen molar-refractivity contribution in [3.63, 3.8) is 0 Å². The van der Waals surface area contributed by atoms with Crippen LogP contribution in [0.2, 0.25) is 0 Å². The van der Waals surface area contributed by atoms with Gasteiger partial charge in [0.1, 0.15) is 0 Å². The van der Waals surface area contributed by atoms with Crippen molar-refractivity contribution in [1.29, 1.82) is 0 Å². The maximum absolute atomic E-state index is 12.7. The van der Waals surface area contributed by atoms with E-state index in [4.69, 9.17) is 16.3 Å². The first-order valence-corrected chi connectivity index (χ1v) is 7.79. The lowest BCUT2D eigenvalue weighted by atomic mass is 10.0. The first-order valence-electron chi connectivity index (χ1n) is 7.25. The number of hydrogen-bond acceptors (Lipinski definition) is 2. The van der Waals surface area contributed by atoms with Crippen LogP contribution in [0.4, 0.5) is 0 Å². The van der Waals surface area contributed by atoms with Crippen molar-refractivity contribution in [2.24, 2.45) is 29.6 Å². The van der Waals surface area contributed by atoms with Crippen molar-refractivity contribution in [2.75, 3.05) is 25.6 Å². The van der Waals surface area contributed by atoms with Gasteiger partial charge in [0.15, 0.2) is 0 Å². The molecule has 4 heteroatoms. The van der Waals surface area contributed by atoms with Gasteiger partial charge in [-0.05, 0) is 42.9 Å². The van der Waals surface area contributed by atoms with Crippen LogP contribution in [0.1, 0.15) is 19.3 Å². The van der Waals surface area contributed by atoms with Gasteiger partial charge in [0.05, 0.1) is 19.3 Å². The largest absolute Gasteiger partial charge is 0.377 e. The minimum absolute atomic E-state index is 0.104. The average Bonchev–Trinajstić information content (AvgIpc) is 2.85. The zero-order valence-electron chi connectivity index (χ0n) is 10.6. The minimum Gasteiger partial charge on any atom is -0.377 e. The van der Waals surface area contributed by atoms with Gasteiger partial charge >= 0.3 is 0 Å². The predicted octanol–water partition coefficient (Wildman–Crippen LogP) is 1.74. The zero-order chi connectivity index (χ0) is 12.3. The molecule has 18 heavy (non-hydrogen) atoms. The maximum atomic E-state index is 12.7. The number of amides is 1. The van der Waals surface area contributed by atoms with Gasteiger partial charge in [-0.3, -0.25) is 4.79 Å². The molecule has 4 aliphatic rings. The molecular weight excluding hydrogens is 250 g/mol.